The fourth-order valence-electron chi connectivity index (χ4n) is 4.38. The number of aromatic nitrogens is 3. The second kappa shape index (κ2) is 6.64. The maximum absolute atomic E-state index is 13.0. The van der Waals surface area contributed by atoms with Gasteiger partial charge in [-0.05, 0) is 31.2 Å². The molecule has 0 bridgehead atoms. The van der Waals surface area contributed by atoms with Crippen molar-refractivity contribution >= 4 is 0 Å². The van der Waals surface area contributed by atoms with Crippen molar-refractivity contribution in [1.29, 1.82) is 5.26 Å². The van der Waals surface area contributed by atoms with Crippen LogP contribution in [0.1, 0.15) is 42.9 Å². The van der Waals surface area contributed by atoms with Crippen molar-refractivity contribution < 1.29 is 13.2 Å². The molecular weight excluding hydrogens is 355 g/mol. The minimum Gasteiger partial charge on any atom is -0.305 e. The number of nitrogens with zero attached hydrogens (tertiary/aromatic N) is 5. The number of rotatable bonds is 2. The summed E-state index contributed by atoms with van der Waals surface area (Å²) < 4.78 is 40.1. The van der Waals surface area contributed by atoms with Gasteiger partial charge in [-0.2, -0.15) is 18.4 Å². The van der Waals surface area contributed by atoms with Crippen molar-refractivity contribution in [3.63, 3.8) is 0 Å². The van der Waals surface area contributed by atoms with Gasteiger partial charge in [-0.1, -0.05) is 30.3 Å². The fraction of sp³-hybridized carbons (Fsp3) is 0.526. The van der Waals surface area contributed by atoms with Crippen molar-refractivity contribution in [1.82, 2.24) is 19.7 Å². The van der Waals surface area contributed by atoms with Crippen molar-refractivity contribution in [3.05, 3.63) is 47.5 Å². The highest BCUT2D eigenvalue weighted by atomic mass is 19.4. The second-order valence-corrected chi connectivity index (χ2v) is 7.35. The number of alkyl halides is 3. The first-order chi connectivity index (χ1) is 12.9. The zero-order valence-corrected chi connectivity index (χ0v) is 14.8. The Morgan fingerprint density at radius 2 is 1.78 bits per heavy atom. The van der Waals surface area contributed by atoms with Gasteiger partial charge in [0.15, 0.2) is 0 Å². The van der Waals surface area contributed by atoms with Crippen LogP contribution in [0.2, 0.25) is 0 Å². The molecule has 2 heterocycles. The molecule has 5 nitrogen and oxygen atoms in total. The van der Waals surface area contributed by atoms with Gasteiger partial charge in [-0.25, -0.2) is 0 Å². The van der Waals surface area contributed by atoms with Gasteiger partial charge in [0.1, 0.15) is 5.82 Å². The zero-order valence-electron chi connectivity index (χ0n) is 14.8. The molecule has 2 aliphatic rings. The minimum absolute atomic E-state index is 0.246. The molecule has 1 fully saturated rings. The summed E-state index contributed by atoms with van der Waals surface area (Å²) in [7, 11) is 0. The number of hydrogen-bond acceptors (Lipinski definition) is 4. The molecule has 0 unspecified atom stereocenters. The summed E-state index contributed by atoms with van der Waals surface area (Å²) in [6.07, 6.45) is -1.25. The summed E-state index contributed by atoms with van der Waals surface area (Å²) in [5.74, 6) is -0.540. The zero-order chi connectivity index (χ0) is 19.1. The van der Waals surface area contributed by atoms with Crippen molar-refractivity contribution in [3.8, 4) is 6.07 Å². The molecule has 0 radical (unpaired) electrons. The topological polar surface area (TPSA) is 57.7 Å². The van der Waals surface area contributed by atoms with Crippen LogP contribution in [0, 0.1) is 11.3 Å². The molecule has 1 aromatic carbocycles. The van der Waals surface area contributed by atoms with E-state index in [2.05, 4.69) is 21.2 Å². The fourth-order valence-corrected chi connectivity index (χ4v) is 4.38. The SMILES string of the molecule is N#CC1(c2ccccc2)CCC(N2CCn3c(nnc3C(F)(F)F)C2)CC1. The van der Waals surface area contributed by atoms with Crippen molar-refractivity contribution in [2.45, 2.75) is 56.4 Å². The van der Waals surface area contributed by atoms with E-state index in [9.17, 15) is 18.4 Å². The first-order valence-corrected chi connectivity index (χ1v) is 9.13. The highest BCUT2D eigenvalue weighted by molar-refractivity contribution is 5.33. The van der Waals surface area contributed by atoms with Gasteiger partial charge in [0.25, 0.3) is 0 Å². The minimum atomic E-state index is -4.47. The van der Waals surface area contributed by atoms with E-state index >= 15 is 0 Å². The summed E-state index contributed by atoms with van der Waals surface area (Å²) in [6, 6.07) is 12.6. The van der Waals surface area contributed by atoms with Crippen molar-refractivity contribution in [2.75, 3.05) is 6.54 Å². The third-order valence-electron chi connectivity index (χ3n) is 5.90. The molecule has 0 saturated heterocycles. The van der Waals surface area contributed by atoms with Gasteiger partial charge in [-0.15, -0.1) is 10.2 Å². The maximum atomic E-state index is 13.0. The third kappa shape index (κ3) is 3.21. The first-order valence-electron chi connectivity index (χ1n) is 9.13. The lowest BCUT2D eigenvalue weighted by molar-refractivity contribution is -0.148. The Hall–Kier alpha value is -2.40. The summed E-state index contributed by atoms with van der Waals surface area (Å²) in [5, 5.41) is 16.9. The van der Waals surface area contributed by atoms with Gasteiger partial charge >= 0.3 is 6.18 Å². The molecule has 1 aliphatic carbocycles. The lowest BCUT2D eigenvalue weighted by Crippen LogP contribution is -2.45. The van der Waals surface area contributed by atoms with E-state index in [1.165, 1.54) is 4.57 Å². The van der Waals surface area contributed by atoms with E-state index in [1.807, 2.05) is 30.3 Å². The molecular formula is C19H20F3N5. The lowest BCUT2D eigenvalue weighted by atomic mass is 9.69. The molecule has 142 valence electrons. The molecule has 1 aromatic heterocycles. The third-order valence-corrected chi connectivity index (χ3v) is 5.90. The van der Waals surface area contributed by atoms with Crippen LogP contribution in [-0.2, 0) is 24.7 Å². The average molecular weight is 375 g/mol. The largest absolute Gasteiger partial charge is 0.451 e. The Labute approximate surface area is 155 Å². The van der Waals surface area contributed by atoms with Crippen LogP contribution >= 0.6 is 0 Å². The molecule has 4 rings (SSSR count). The first kappa shape index (κ1) is 18.0. The standard InChI is InChI=1S/C19H20F3N5/c20-19(21,22)17-25-24-16-12-26(10-11-27(16)17)15-6-8-18(13-23,9-7-15)14-4-2-1-3-5-14/h1-5,15H,6-12H2. The van der Waals surface area contributed by atoms with Gasteiger partial charge in [-0.3, -0.25) is 4.90 Å². The number of nitriles is 1. The highest BCUT2D eigenvalue weighted by Gasteiger charge is 2.42. The van der Waals surface area contributed by atoms with Crippen LogP contribution in [-0.4, -0.2) is 32.3 Å². The van der Waals surface area contributed by atoms with Crippen LogP contribution in [0.5, 0.6) is 0 Å². The number of hydrogen-bond donors (Lipinski definition) is 0. The second-order valence-electron chi connectivity index (χ2n) is 7.35. The maximum Gasteiger partial charge on any atom is 0.451 e. The highest BCUT2D eigenvalue weighted by Crippen LogP contribution is 2.41. The summed E-state index contributed by atoms with van der Waals surface area (Å²) >= 11 is 0. The molecule has 0 amide bonds. The smallest absolute Gasteiger partial charge is 0.305 e. The summed E-state index contributed by atoms with van der Waals surface area (Å²) in [5.41, 5.74) is 0.593. The van der Waals surface area contributed by atoms with Gasteiger partial charge in [0.05, 0.1) is 18.0 Å². The molecule has 1 saturated carbocycles. The van der Waals surface area contributed by atoms with Crippen LogP contribution in [0.15, 0.2) is 30.3 Å². The van der Waals surface area contributed by atoms with E-state index in [0.717, 1.165) is 31.2 Å². The van der Waals surface area contributed by atoms with Gasteiger partial charge in [0, 0.05) is 19.1 Å². The predicted molar refractivity (Wildman–Crippen MR) is 91.4 cm³/mol. The Kier molecular flexibility index (Phi) is 4.42. The Morgan fingerprint density at radius 3 is 2.41 bits per heavy atom. The Morgan fingerprint density at radius 1 is 1.07 bits per heavy atom. The number of benzene rings is 1. The Balaban J connectivity index is 1.45. The van der Waals surface area contributed by atoms with Crippen molar-refractivity contribution in [2.24, 2.45) is 0 Å². The quantitative estimate of drug-likeness (QED) is 0.806. The van der Waals surface area contributed by atoms with Crippen LogP contribution in [0.25, 0.3) is 0 Å². The summed E-state index contributed by atoms with van der Waals surface area (Å²) in [6.45, 7) is 1.16. The van der Waals surface area contributed by atoms with Crippen LogP contribution in [0.4, 0.5) is 13.2 Å². The summed E-state index contributed by atoms with van der Waals surface area (Å²) in [4.78, 5) is 2.19. The molecule has 8 heteroatoms. The van der Waals surface area contributed by atoms with Gasteiger partial charge < -0.3 is 4.57 Å². The van der Waals surface area contributed by atoms with E-state index < -0.39 is 17.4 Å². The average Bonchev–Trinajstić information content (AvgIpc) is 3.12. The van der Waals surface area contributed by atoms with Gasteiger partial charge in [0.2, 0.25) is 5.82 Å². The monoisotopic (exact) mass is 375 g/mol. The molecule has 2 aromatic rings. The Bertz CT molecular complexity index is 844. The normalized spacial score (nSPS) is 26.4. The van der Waals surface area contributed by atoms with E-state index in [1.54, 1.807) is 0 Å². The molecule has 1 aliphatic heterocycles. The van der Waals surface area contributed by atoms with Crippen LogP contribution in [0.3, 0.4) is 0 Å². The number of halogens is 3. The molecule has 0 spiro atoms. The molecule has 0 N–H and O–H groups in total. The van der Waals surface area contributed by atoms with Crippen LogP contribution < -0.4 is 0 Å². The van der Waals surface area contributed by atoms with E-state index in [4.69, 9.17) is 0 Å². The molecule has 27 heavy (non-hydrogen) atoms. The van der Waals surface area contributed by atoms with E-state index in [-0.39, 0.29) is 12.6 Å². The van der Waals surface area contributed by atoms with E-state index in [0.29, 0.717) is 18.9 Å². The lowest BCUT2D eigenvalue weighted by Gasteiger charge is -2.41. The molecule has 0 atom stereocenters. The predicted octanol–water partition coefficient (Wildman–Crippen LogP) is 3.52. The number of fused-ring (bicyclic) bond motifs is 1.